The van der Waals surface area contributed by atoms with E-state index >= 15 is 0 Å². The van der Waals surface area contributed by atoms with E-state index in [-0.39, 0.29) is 6.61 Å². The van der Waals surface area contributed by atoms with Crippen LogP contribution < -0.4 is 0 Å². The Kier molecular flexibility index (Phi) is 4.32. The van der Waals surface area contributed by atoms with Gasteiger partial charge in [-0.1, -0.05) is 13.8 Å². The fourth-order valence-corrected chi connectivity index (χ4v) is 0.668. The first-order valence-electron chi connectivity index (χ1n) is 3.09. The highest BCUT2D eigenvalue weighted by Crippen LogP contribution is 2.09. The largest absolute Gasteiger partial charge is 0.392 e. The van der Waals surface area contributed by atoms with Crippen molar-refractivity contribution >= 4 is 0 Å². The van der Waals surface area contributed by atoms with Crippen LogP contribution in [0.25, 0.3) is 0 Å². The molecule has 0 atom stereocenters. The Labute approximate surface area is 55.2 Å². The Bertz CT molecular complexity index is 97.1. The highest BCUT2D eigenvalue weighted by atomic mass is 19.1. The monoisotopic (exact) mass is 132 g/mol. The third-order valence-corrected chi connectivity index (χ3v) is 1.03. The minimum absolute atomic E-state index is 0.158. The van der Waals surface area contributed by atoms with Gasteiger partial charge in [-0.25, -0.2) is 4.39 Å². The molecule has 0 rings (SSSR count). The van der Waals surface area contributed by atoms with Crippen LogP contribution in [0.15, 0.2) is 11.9 Å². The van der Waals surface area contributed by atoms with Gasteiger partial charge in [-0.3, -0.25) is 0 Å². The van der Waals surface area contributed by atoms with Crippen LogP contribution in [-0.2, 0) is 0 Å². The van der Waals surface area contributed by atoms with Crippen molar-refractivity contribution in [2.45, 2.75) is 20.3 Å². The summed E-state index contributed by atoms with van der Waals surface area (Å²) in [6, 6.07) is 0. The molecule has 0 aliphatic rings. The van der Waals surface area contributed by atoms with E-state index in [2.05, 4.69) is 0 Å². The molecule has 1 N–H and O–H groups in total. The molecule has 0 heterocycles. The van der Waals surface area contributed by atoms with Crippen molar-refractivity contribution in [1.82, 2.24) is 0 Å². The van der Waals surface area contributed by atoms with Crippen molar-refractivity contribution in [2.75, 3.05) is 6.61 Å². The van der Waals surface area contributed by atoms with Gasteiger partial charge < -0.3 is 5.11 Å². The van der Waals surface area contributed by atoms with E-state index in [0.717, 1.165) is 0 Å². The standard InChI is InChI=1S/C7H13FO/c1-6(2)3-7(4-8)5-9/h4,6,9H,3,5H2,1-2H3/b7-4+. The lowest BCUT2D eigenvalue weighted by molar-refractivity contribution is 0.319. The van der Waals surface area contributed by atoms with E-state index in [1.807, 2.05) is 13.8 Å². The fourth-order valence-electron chi connectivity index (χ4n) is 0.668. The molecule has 2 heteroatoms. The van der Waals surface area contributed by atoms with Crippen molar-refractivity contribution in [3.05, 3.63) is 11.9 Å². The van der Waals surface area contributed by atoms with Gasteiger partial charge in [0.2, 0.25) is 0 Å². The lowest BCUT2D eigenvalue weighted by Gasteiger charge is -2.03. The van der Waals surface area contributed by atoms with Gasteiger partial charge in [0.1, 0.15) is 0 Å². The highest BCUT2D eigenvalue weighted by molar-refractivity contribution is 4.97. The summed E-state index contributed by atoms with van der Waals surface area (Å²) in [4.78, 5) is 0. The maximum absolute atomic E-state index is 11.7. The van der Waals surface area contributed by atoms with Gasteiger partial charge in [0.05, 0.1) is 12.9 Å². The summed E-state index contributed by atoms with van der Waals surface area (Å²) in [6.07, 6.45) is 1.13. The Balaban J connectivity index is 3.58. The van der Waals surface area contributed by atoms with E-state index < -0.39 is 0 Å². The molecule has 0 bridgehead atoms. The van der Waals surface area contributed by atoms with E-state index in [0.29, 0.717) is 24.2 Å². The molecule has 0 saturated carbocycles. The third kappa shape index (κ3) is 4.15. The molecular weight excluding hydrogens is 119 g/mol. The average molecular weight is 132 g/mol. The Morgan fingerprint density at radius 2 is 2.22 bits per heavy atom. The zero-order valence-corrected chi connectivity index (χ0v) is 5.89. The minimum atomic E-state index is -0.158. The van der Waals surface area contributed by atoms with Gasteiger partial charge in [-0.2, -0.15) is 0 Å². The van der Waals surface area contributed by atoms with Crippen molar-refractivity contribution < 1.29 is 9.50 Å². The van der Waals surface area contributed by atoms with Crippen LogP contribution in [0.2, 0.25) is 0 Å². The van der Waals surface area contributed by atoms with Crippen molar-refractivity contribution in [3.8, 4) is 0 Å². The van der Waals surface area contributed by atoms with Crippen LogP contribution in [0.3, 0.4) is 0 Å². The Morgan fingerprint density at radius 3 is 2.33 bits per heavy atom. The zero-order chi connectivity index (χ0) is 7.28. The number of aliphatic hydroxyl groups is 1. The third-order valence-electron chi connectivity index (χ3n) is 1.03. The topological polar surface area (TPSA) is 20.2 Å². The van der Waals surface area contributed by atoms with E-state index in [1.165, 1.54) is 0 Å². The molecule has 0 aromatic rings. The average Bonchev–Trinajstić information content (AvgIpc) is 1.82. The van der Waals surface area contributed by atoms with Crippen molar-refractivity contribution in [1.29, 1.82) is 0 Å². The molecule has 0 amide bonds. The number of halogens is 1. The van der Waals surface area contributed by atoms with Crippen LogP contribution in [0, 0.1) is 5.92 Å². The molecule has 0 spiro atoms. The van der Waals surface area contributed by atoms with Crippen molar-refractivity contribution in [3.63, 3.8) is 0 Å². The maximum Gasteiger partial charge on any atom is 0.0881 e. The quantitative estimate of drug-likeness (QED) is 0.621. The number of hydrogen-bond acceptors (Lipinski definition) is 1. The van der Waals surface area contributed by atoms with Gasteiger partial charge >= 0.3 is 0 Å². The van der Waals surface area contributed by atoms with Crippen LogP contribution in [0.5, 0.6) is 0 Å². The molecule has 54 valence electrons. The fraction of sp³-hybridized carbons (Fsp3) is 0.714. The first kappa shape index (κ1) is 8.63. The molecule has 0 aliphatic carbocycles. The predicted octanol–water partition coefficient (Wildman–Crippen LogP) is 1.88. The molecule has 0 aliphatic heterocycles. The first-order chi connectivity index (χ1) is 4.20. The molecule has 0 radical (unpaired) electrons. The molecule has 0 aromatic carbocycles. The molecular formula is C7H13FO. The second-order valence-corrected chi connectivity index (χ2v) is 2.52. The van der Waals surface area contributed by atoms with Crippen molar-refractivity contribution in [2.24, 2.45) is 5.92 Å². The smallest absolute Gasteiger partial charge is 0.0881 e. The van der Waals surface area contributed by atoms with Gasteiger partial charge in [-0.05, 0) is 17.9 Å². The highest BCUT2D eigenvalue weighted by Gasteiger charge is 1.98. The number of hydrogen-bond donors (Lipinski definition) is 1. The van der Waals surface area contributed by atoms with E-state index in [4.69, 9.17) is 5.11 Å². The predicted molar refractivity (Wildman–Crippen MR) is 35.7 cm³/mol. The summed E-state index contributed by atoms with van der Waals surface area (Å²) in [7, 11) is 0. The van der Waals surface area contributed by atoms with Crippen LogP contribution >= 0.6 is 0 Å². The van der Waals surface area contributed by atoms with Crippen LogP contribution in [0.4, 0.5) is 4.39 Å². The second kappa shape index (κ2) is 4.50. The Morgan fingerprint density at radius 1 is 1.67 bits per heavy atom. The molecule has 1 nitrogen and oxygen atoms in total. The summed E-state index contributed by atoms with van der Waals surface area (Å²) in [5.74, 6) is 0.416. The molecule has 9 heavy (non-hydrogen) atoms. The lowest BCUT2D eigenvalue weighted by Crippen LogP contribution is -1.95. The second-order valence-electron chi connectivity index (χ2n) is 2.52. The van der Waals surface area contributed by atoms with Gasteiger partial charge in [-0.15, -0.1) is 0 Å². The molecule has 0 unspecified atom stereocenters. The normalized spacial score (nSPS) is 12.8. The summed E-state index contributed by atoms with van der Waals surface area (Å²) >= 11 is 0. The number of aliphatic hydroxyl groups excluding tert-OH is 1. The Hall–Kier alpha value is -0.370. The number of rotatable bonds is 3. The summed E-state index contributed by atoms with van der Waals surface area (Å²) < 4.78 is 11.7. The summed E-state index contributed by atoms with van der Waals surface area (Å²) in [6.45, 7) is 3.81. The molecule has 0 saturated heterocycles. The van der Waals surface area contributed by atoms with E-state index in [9.17, 15) is 4.39 Å². The SMILES string of the molecule is CC(C)C/C(=C\F)CO. The van der Waals surface area contributed by atoms with Gasteiger partial charge in [0.25, 0.3) is 0 Å². The summed E-state index contributed by atoms with van der Waals surface area (Å²) in [5, 5.41) is 8.47. The van der Waals surface area contributed by atoms with Crippen LogP contribution in [0.1, 0.15) is 20.3 Å². The van der Waals surface area contributed by atoms with Gasteiger partial charge in [0.15, 0.2) is 0 Å². The first-order valence-corrected chi connectivity index (χ1v) is 3.09. The lowest BCUT2D eigenvalue weighted by atomic mass is 10.1. The van der Waals surface area contributed by atoms with E-state index in [1.54, 1.807) is 0 Å². The molecule has 0 fully saturated rings. The minimum Gasteiger partial charge on any atom is -0.392 e. The van der Waals surface area contributed by atoms with Crippen LogP contribution in [-0.4, -0.2) is 11.7 Å². The zero-order valence-electron chi connectivity index (χ0n) is 5.89. The van der Waals surface area contributed by atoms with Gasteiger partial charge in [0, 0.05) is 0 Å². The maximum atomic E-state index is 11.7. The summed E-state index contributed by atoms with van der Waals surface area (Å²) in [5.41, 5.74) is 0.477. The molecule has 0 aromatic heterocycles.